The van der Waals surface area contributed by atoms with Crippen LogP contribution in [-0.2, 0) is 16.8 Å². The largest absolute Gasteiger partial charge is 0.341 e. The molecule has 0 aromatic carbocycles. The predicted octanol–water partition coefficient (Wildman–Crippen LogP) is 2.98. The van der Waals surface area contributed by atoms with E-state index in [0.717, 1.165) is 51.3 Å². The van der Waals surface area contributed by atoms with Gasteiger partial charge in [0.25, 0.3) is 0 Å². The van der Waals surface area contributed by atoms with Crippen LogP contribution in [0.4, 0.5) is 0 Å². The zero-order valence-electron chi connectivity index (χ0n) is 16.0. The SMILES string of the molecule is CC(C)(C)c1nc(CN2CCCN(C(=O)C3CCCCC3)CC2)no1. The quantitative estimate of drug-likeness (QED) is 0.840. The van der Waals surface area contributed by atoms with Crippen molar-refractivity contribution in [3.63, 3.8) is 0 Å². The molecule has 25 heavy (non-hydrogen) atoms. The Hall–Kier alpha value is -1.43. The van der Waals surface area contributed by atoms with Crippen molar-refractivity contribution in [3.8, 4) is 0 Å². The van der Waals surface area contributed by atoms with E-state index >= 15 is 0 Å². The first-order valence-electron chi connectivity index (χ1n) is 9.78. The Labute approximate surface area is 150 Å². The van der Waals surface area contributed by atoms with Crippen molar-refractivity contribution in [1.29, 1.82) is 0 Å². The molecule has 0 unspecified atom stereocenters. The van der Waals surface area contributed by atoms with Crippen LogP contribution in [0.2, 0.25) is 0 Å². The second kappa shape index (κ2) is 7.85. The lowest BCUT2D eigenvalue weighted by molar-refractivity contribution is -0.136. The van der Waals surface area contributed by atoms with E-state index in [1.54, 1.807) is 0 Å². The lowest BCUT2D eigenvalue weighted by Crippen LogP contribution is -2.39. The van der Waals surface area contributed by atoms with Crippen LogP contribution in [0, 0.1) is 5.92 Å². The summed E-state index contributed by atoms with van der Waals surface area (Å²) in [6.45, 7) is 10.5. The van der Waals surface area contributed by atoms with E-state index < -0.39 is 0 Å². The number of carbonyl (C=O) groups is 1. The smallest absolute Gasteiger partial charge is 0.232 e. The van der Waals surface area contributed by atoms with Gasteiger partial charge in [-0.05, 0) is 19.3 Å². The van der Waals surface area contributed by atoms with Gasteiger partial charge in [-0.2, -0.15) is 4.98 Å². The molecule has 1 aromatic rings. The molecule has 1 amide bonds. The van der Waals surface area contributed by atoms with Gasteiger partial charge in [-0.3, -0.25) is 9.69 Å². The van der Waals surface area contributed by atoms with Crippen molar-refractivity contribution < 1.29 is 9.32 Å². The summed E-state index contributed by atoms with van der Waals surface area (Å²) in [6, 6.07) is 0. The molecule has 140 valence electrons. The van der Waals surface area contributed by atoms with Crippen LogP contribution >= 0.6 is 0 Å². The average Bonchev–Trinajstić information content (AvgIpc) is 2.94. The molecule has 0 atom stereocenters. The van der Waals surface area contributed by atoms with Crippen molar-refractivity contribution in [2.75, 3.05) is 26.2 Å². The minimum Gasteiger partial charge on any atom is -0.341 e. The number of amides is 1. The van der Waals surface area contributed by atoms with E-state index in [4.69, 9.17) is 4.52 Å². The fourth-order valence-electron chi connectivity index (χ4n) is 3.78. The lowest BCUT2D eigenvalue weighted by atomic mass is 9.88. The maximum atomic E-state index is 12.8. The molecule has 2 fully saturated rings. The molecule has 3 rings (SSSR count). The molecule has 1 saturated heterocycles. The summed E-state index contributed by atoms with van der Waals surface area (Å²) < 4.78 is 5.39. The number of aromatic nitrogens is 2. The highest BCUT2D eigenvalue weighted by Gasteiger charge is 2.28. The van der Waals surface area contributed by atoms with Crippen molar-refractivity contribution >= 4 is 5.91 Å². The monoisotopic (exact) mass is 348 g/mol. The Balaban J connectivity index is 1.53. The summed E-state index contributed by atoms with van der Waals surface area (Å²) in [5.74, 6) is 2.09. The van der Waals surface area contributed by atoms with Crippen LogP contribution in [0.15, 0.2) is 4.52 Å². The van der Waals surface area contributed by atoms with Crippen molar-refractivity contribution in [2.45, 2.75) is 71.3 Å². The maximum Gasteiger partial charge on any atom is 0.232 e. The highest BCUT2D eigenvalue weighted by molar-refractivity contribution is 5.79. The molecule has 0 radical (unpaired) electrons. The van der Waals surface area contributed by atoms with Gasteiger partial charge < -0.3 is 9.42 Å². The van der Waals surface area contributed by atoms with Crippen molar-refractivity contribution in [3.05, 3.63) is 11.7 Å². The highest BCUT2D eigenvalue weighted by atomic mass is 16.5. The minimum absolute atomic E-state index is 0.118. The number of rotatable bonds is 3. The molecule has 0 bridgehead atoms. The second-order valence-corrected chi connectivity index (χ2v) is 8.56. The summed E-state index contributed by atoms with van der Waals surface area (Å²) in [5.41, 5.74) is -0.118. The normalized spacial score (nSPS) is 21.3. The van der Waals surface area contributed by atoms with Crippen LogP contribution in [0.1, 0.15) is 71.0 Å². The fraction of sp³-hybridized carbons (Fsp3) is 0.842. The fourth-order valence-corrected chi connectivity index (χ4v) is 3.78. The predicted molar refractivity (Wildman–Crippen MR) is 96.0 cm³/mol. The molecule has 1 aliphatic carbocycles. The van der Waals surface area contributed by atoms with Gasteiger partial charge in [0.1, 0.15) is 0 Å². The minimum atomic E-state index is -0.118. The van der Waals surface area contributed by atoms with Gasteiger partial charge in [0.05, 0.1) is 6.54 Å². The van der Waals surface area contributed by atoms with Crippen LogP contribution < -0.4 is 0 Å². The summed E-state index contributed by atoms with van der Waals surface area (Å²) >= 11 is 0. The zero-order chi connectivity index (χ0) is 17.9. The van der Waals surface area contributed by atoms with Crippen LogP contribution in [0.3, 0.4) is 0 Å². The Morgan fingerprint density at radius 3 is 2.52 bits per heavy atom. The number of hydrogen-bond donors (Lipinski definition) is 0. The van der Waals surface area contributed by atoms with Crippen molar-refractivity contribution in [2.24, 2.45) is 5.92 Å². The Kier molecular flexibility index (Phi) is 5.77. The Morgan fingerprint density at radius 2 is 1.84 bits per heavy atom. The first-order chi connectivity index (χ1) is 11.9. The molecule has 1 aliphatic heterocycles. The number of nitrogens with zero attached hydrogens (tertiary/aromatic N) is 4. The molecule has 1 saturated carbocycles. The van der Waals surface area contributed by atoms with Gasteiger partial charge in [0.2, 0.25) is 11.8 Å². The van der Waals surface area contributed by atoms with E-state index in [1.165, 1.54) is 19.3 Å². The summed E-state index contributed by atoms with van der Waals surface area (Å²) in [5, 5.41) is 4.13. The van der Waals surface area contributed by atoms with Crippen LogP contribution in [-0.4, -0.2) is 52.0 Å². The van der Waals surface area contributed by atoms with Crippen molar-refractivity contribution in [1.82, 2.24) is 19.9 Å². The van der Waals surface area contributed by atoms with Gasteiger partial charge >= 0.3 is 0 Å². The second-order valence-electron chi connectivity index (χ2n) is 8.56. The summed E-state index contributed by atoms with van der Waals surface area (Å²) in [6.07, 6.45) is 6.89. The maximum absolute atomic E-state index is 12.8. The highest BCUT2D eigenvalue weighted by Crippen LogP contribution is 2.26. The van der Waals surface area contributed by atoms with E-state index in [-0.39, 0.29) is 11.3 Å². The third-order valence-electron chi connectivity index (χ3n) is 5.33. The average molecular weight is 348 g/mol. The molecule has 6 nitrogen and oxygen atoms in total. The van der Waals surface area contributed by atoms with Gasteiger partial charge in [-0.1, -0.05) is 45.2 Å². The van der Waals surface area contributed by atoms with Gasteiger partial charge in [-0.25, -0.2) is 0 Å². The third-order valence-corrected chi connectivity index (χ3v) is 5.33. The molecule has 6 heteroatoms. The van der Waals surface area contributed by atoms with E-state index in [0.29, 0.717) is 18.3 Å². The van der Waals surface area contributed by atoms with Gasteiger partial charge in [-0.15, -0.1) is 0 Å². The first-order valence-corrected chi connectivity index (χ1v) is 9.78. The molecular formula is C19H32N4O2. The zero-order valence-corrected chi connectivity index (χ0v) is 16.0. The molecule has 1 aromatic heterocycles. The lowest BCUT2D eigenvalue weighted by Gasteiger charge is -2.28. The standard InChI is InChI=1S/C19H32N4O2/c1-19(2,3)18-20-16(21-25-18)14-22-10-7-11-23(13-12-22)17(24)15-8-5-4-6-9-15/h15H,4-14H2,1-3H3. The first kappa shape index (κ1) is 18.4. The van der Waals surface area contributed by atoms with E-state index in [9.17, 15) is 4.79 Å². The molecule has 0 spiro atoms. The molecule has 2 heterocycles. The van der Waals surface area contributed by atoms with Gasteiger partial charge in [0.15, 0.2) is 5.82 Å². The Morgan fingerprint density at radius 1 is 1.08 bits per heavy atom. The molecule has 2 aliphatic rings. The number of carbonyl (C=O) groups excluding carboxylic acids is 1. The van der Waals surface area contributed by atoms with Crippen LogP contribution in [0.25, 0.3) is 0 Å². The van der Waals surface area contributed by atoms with E-state index in [2.05, 4.69) is 40.7 Å². The Bertz CT molecular complexity index is 572. The number of hydrogen-bond acceptors (Lipinski definition) is 5. The third kappa shape index (κ3) is 4.81. The van der Waals surface area contributed by atoms with E-state index in [1.807, 2.05) is 0 Å². The molecular weight excluding hydrogens is 316 g/mol. The van der Waals surface area contributed by atoms with Gasteiger partial charge in [0, 0.05) is 37.5 Å². The summed E-state index contributed by atoms with van der Waals surface area (Å²) in [7, 11) is 0. The summed E-state index contributed by atoms with van der Waals surface area (Å²) in [4.78, 5) is 21.7. The van der Waals surface area contributed by atoms with Crippen LogP contribution in [0.5, 0.6) is 0 Å². The molecule has 0 N–H and O–H groups in total. The topological polar surface area (TPSA) is 62.5 Å².